The summed E-state index contributed by atoms with van der Waals surface area (Å²) in [4.78, 5) is 24.6. The Hall–Kier alpha value is -2.86. The van der Waals surface area contributed by atoms with E-state index in [1.54, 1.807) is 30.3 Å². The fourth-order valence-corrected chi connectivity index (χ4v) is 3.00. The summed E-state index contributed by atoms with van der Waals surface area (Å²) in [5, 5.41) is 5.72. The topological polar surface area (TPSA) is 67.4 Å². The maximum atomic E-state index is 13.6. The van der Waals surface area contributed by atoms with Crippen LogP contribution < -0.4 is 15.4 Å². The molecule has 0 aromatic heterocycles. The molecule has 1 aliphatic heterocycles. The zero-order valence-electron chi connectivity index (χ0n) is 13.9. The Morgan fingerprint density at radius 1 is 1.31 bits per heavy atom. The summed E-state index contributed by atoms with van der Waals surface area (Å²) in [7, 11) is 1.48. The number of methoxy groups -OCH3 is 1. The van der Waals surface area contributed by atoms with Crippen LogP contribution in [-0.4, -0.2) is 18.9 Å². The van der Waals surface area contributed by atoms with Gasteiger partial charge in [-0.3, -0.25) is 9.59 Å². The minimum Gasteiger partial charge on any atom is -0.495 e. The number of carbonyl (C=O) groups is 2. The van der Waals surface area contributed by atoms with Crippen LogP contribution in [0.1, 0.15) is 17.9 Å². The van der Waals surface area contributed by atoms with E-state index in [9.17, 15) is 14.0 Å². The largest absolute Gasteiger partial charge is 0.495 e. The van der Waals surface area contributed by atoms with Gasteiger partial charge in [0.2, 0.25) is 5.91 Å². The monoisotopic (exact) mass is 374 g/mol. The fourth-order valence-electron chi connectivity index (χ4n) is 2.83. The molecule has 26 heavy (non-hydrogen) atoms. The van der Waals surface area contributed by atoms with E-state index < -0.39 is 17.6 Å². The molecule has 134 valence electrons. The van der Waals surface area contributed by atoms with Crippen molar-refractivity contribution in [1.82, 2.24) is 5.32 Å². The lowest BCUT2D eigenvalue weighted by molar-refractivity contribution is -0.121. The van der Waals surface area contributed by atoms with Crippen LogP contribution in [0.2, 0.25) is 5.02 Å². The van der Waals surface area contributed by atoms with Crippen molar-refractivity contribution in [3.63, 3.8) is 0 Å². The second-order valence-electron chi connectivity index (χ2n) is 5.78. The number of nitrogens with one attached hydrogen (secondary N) is 2. The van der Waals surface area contributed by atoms with Crippen molar-refractivity contribution >= 4 is 29.1 Å². The molecule has 0 spiro atoms. The number of hydrogen-bond acceptors (Lipinski definition) is 3. The van der Waals surface area contributed by atoms with E-state index in [0.29, 0.717) is 27.6 Å². The molecular weight excluding hydrogens is 359 g/mol. The summed E-state index contributed by atoms with van der Waals surface area (Å²) in [6.45, 7) is 0. The summed E-state index contributed by atoms with van der Waals surface area (Å²) < 4.78 is 18.8. The van der Waals surface area contributed by atoms with Crippen molar-refractivity contribution < 1.29 is 18.7 Å². The molecule has 3 rings (SSSR count). The molecule has 0 aliphatic carbocycles. The predicted molar refractivity (Wildman–Crippen MR) is 96.6 cm³/mol. The van der Waals surface area contributed by atoms with Gasteiger partial charge in [-0.2, -0.15) is 0 Å². The quantitative estimate of drug-likeness (QED) is 0.859. The Labute approximate surface area is 154 Å². The first kappa shape index (κ1) is 17.9. The lowest BCUT2D eigenvalue weighted by Crippen LogP contribution is -2.32. The number of rotatable bonds is 4. The number of carbonyl (C=O) groups excluding carboxylic acids is 2. The maximum Gasteiger partial charge on any atom is 0.253 e. The van der Waals surface area contributed by atoms with Crippen LogP contribution in [0, 0.1) is 5.82 Å². The molecule has 1 unspecified atom stereocenters. The van der Waals surface area contributed by atoms with E-state index in [1.165, 1.54) is 25.4 Å². The number of halogens is 2. The Kier molecular flexibility index (Phi) is 5.23. The van der Waals surface area contributed by atoms with Gasteiger partial charge in [-0.1, -0.05) is 23.7 Å². The van der Waals surface area contributed by atoms with Crippen molar-refractivity contribution in [3.05, 3.63) is 70.6 Å². The average molecular weight is 375 g/mol. The predicted octanol–water partition coefficient (Wildman–Crippen LogP) is 3.61. The van der Waals surface area contributed by atoms with Crippen molar-refractivity contribution in [3.8, 4) is 5.75 Å². The normalized spacial score (nSPS) is 16.5. The van der Waals surface area contributed by atoms with Crippen molar-refractivity contribution in [1.29, 1.82) is 0 Å². The summed E-state index contributed by atoms with van der Waals surface area (Å²) in [5.74, 6) is -1.20. The zero-order valence-corrected chi connectivity index (χ0v) is 14.6. The van der Waals surface area contributed by atoms with Crippen LogP contribution in [0.25, 0.3) is 0 Å². The van der Waals surface area contributed by atoms with Crippen molar-refractivity contribution in [2.75, 3.05) is 12.4 Å². The summed E-state index contributed by atoms with van der Waals surface area (Å²) >= 11 is 5.98. The van der Waals surface area contributed by atoms with Crippen LogP contribution >= 0.6 is 11.6 Å². The Balaban J connectivity index is 1.91. The number of amides is 2. The van der Waals surface area contributed by atoms with E-state index in [4.69, 9.17) is 16.3 Å². The highest BCUT2D eigenvalue weighted by atomic mass is 35.5. The summed E-state index contributed by atoms with van der Waals surface area (Å²) in [5.41, 5.74) is 1.28. The molecule has 0 saturated carbocycles. The van der Waals surface area contributed by atoms with E-state index in [-0.39, 0.29) is 12.3 Å². The Morgan fingerprint density at radius 3 is 2.85 bits per heavy atom. The highest BCUT2D eigenvalue weighted by Crippen LogP contribution is 2.33. The first-order valence-electron chi connectivity index (χ1n) is 7.87. The first-order valence-corrected chi connectivity index (χ1v) is 8.25. The van der Waals surface area contributed by atoms with E-state index >= 15 is 0 Å². The molecule has 1 aliphatic rings. The van der Waals surface area contributed by atoms with Gasteiger partial charge in [-0.05, 0) is 35.9 Å². The van der Waals surface area contributed by atoms with Gasteiger partial charge in [0.15, 0.2) is 0 Å². The maximum absolute atomic E-state index is 13.6. The number of ether oxygens (including phenoxy) is 1. The Bertz CT molecular complexity index is 898. The molecule has 2 amide bonds. The summed E-state index contributed by atoms with van der Waals surface area (Å²) in [6, 6.07) is 10.7. The zero-order chi connectivity index (χ0) is 18.7. The van der Waals surface area contributed by atoms with Gasteiger partial charge in [-0.15, -0.1) is 0 Å². The standard InChI is InChI=1S/C19H16ClFN2O3/c1-26-17-6-5-12(20)8-16(17)23-19(25)15-10-22-18(24)9-14(15)11-3-2-4-13(21)7-11/h2-8,10,14H,9H2,1H3,(H,22,24)(H,23,25). The van der Waals surface area contributed by atoms with Gasteiger partial charge in [0.1, 0.15) is 11.6 Å². The molecule has 7 heteroatoms. The van der Waals surface area contributed by atoms with Crippen LogP contribution in [0.4, 0.5) is 10.1 Å². The molecule has 5 nitrogen and oxygen atoms in total. The lowest BCUT2D eigenvalue weighted by atomic mass is 9.86. The molecule has 2 aromatic carbocycles. The molecule has 2 aromatic rings. The minimum atomic E-state index is -0.551. The third-order valence-electron chi connectivity index (χ3n) is 4.08. The number of hydrogen-bond donors (Lipinski definition) is 2. The lowest BCUT2D eigenvalue weighted by Gasteiger charge is -2.24. The van der Waals surface area contributed by atoms with Crippen LogP contribution in [-0.2, 0) is 9.59 Å². The van der Waals surface area contributed by atoms with Crippen LogP contribution in [0.3, 0.4) is 0 Å². The van der Waals surface area contributed by atoms with Crippen LogP contribution in [0.5, 0.6) is 5.75 Å². The SMILES string of the molecule is COc1ccc(Cl)cc1NC(=O)C1=CNC(=O)CC1c1cccc(F)c1. The molecule has 0 radical (unpaired) electrons. The van der Waals surface area contributed by atoms with Gasteiger partial charge < -0.3 is 15.4 Å². The second kappa shape index (κ2) is 7.58. The van der Waals surface area contributed by atoms with Gasteiger partial charge in [0.05, 0.1) is 12.8 Å². The highest BCUT2D eigenvalue weighted by Gasteiger charge is 2.29. The number of benzene rings is 2. The molecule has 0 bridgehead atoms. The molecule has 2 N–H and O–H groups in total. The van der Waals surface area contributed by atoms with Gasteiger partial charge in [0.25, 0.3) is 5.91 Å². The molecule has 0 saturated heterocycles. The van der Waals surface area contributed by atoms with Gasteiger partial charge >= 0.3 is 0 Å². The highest BCUT2D eigenvalue weighted by molar-refractivity contribution is 6.31. The van der Waals surface area contributed by atoms with E-state index in [0.717, 1.165) is 0 Å². The fraction of sp³-hybridized carbons (Fsp3) is 0.158. The smallest absolute Gasteiger partial charge is 0.253 e. The minimum absolute atomic E-state index is 0.0510. The second-order valence-corrected chi connectivity index (χ2v) is 6.21. The van der Waals surface area contributed by atoms with Gasteiger partial charge in [0, 0.05) is 29.1 Å². The molecular formula is C19H16ClFN2O3. The molecule has 1 heterocycles. The van der Waals surface area contributed by atoms with E-state index in [1.807, 2.05) is 0 Å². The summed E-state index contributed by atoms with van der Waals surface area (Å²) in [6.07, 6.45) is 1.41. The van der Waals surface area contributed by atoms with Crippen molar-refractivity contribution in [2.24, 2.45) is 0 Å². The third-order valence-corrected chi connectivity index (χ3v) is 4.31. The van der Waals surface area contributed by atoms with Crippen LogP contribution in [0.15, 0.2) is 54.2 Å². The Morgan fingerprint density at radius 2 is 2.12 bits per heavy atom. The van der Waals surface area contributed by atoms with Crippen molar-refractivity contribution in [2.45, 2.75) is 12.3 Å². The third kappa shape index (κ3) is 3.86. The molecule has 0 fully saturated rings. The van der Waals surface area contributed by atoms with Gasteiger partial charge in [-0.25, -0.2) is 4.39 Å². The number of anilines is 1. The first-order chi connectivity index (χ1) is 12.5. The van der Waals surface area contributed by atoms with E-state index in [2.05, 4.69) is 10.6 Å². The average Bonchev–Trinajstić information content (AvgIpc) is 2.61. The molecule has 1 atom stereocenters.